The van der Waals surface area contributed by atoms with E-state index in [2.05, 4.69) is 6.92 Å². The Kier molecular flexibility index (Phi) is 8.93. The summed E-state index contributed by atoms with van der Waals surface area (Å²) in [7, 11) is 0. The second-order valence-electron chi connectivity index (χ2n) is 18.7. The summed E-state index contributed by atoms with van der Waals surface area (Å²) in [5, 5.41) is 62.8. The Morgan fingerprint density at radius 2 is 1.70 bits per heavy atom. The van der Waals surface area contributed by atoms with Crippen molar-refractivity contribution in [1.82, 2.24) is 0 Å². The van der Waals surface area contributed by atoms with Crippen molar-refractivity contribution in [3.63, 3.8) is 0 Å². The van der Waals surface area contributed by atoms with Gasteiger partial charge in [-0.25, -0.2) is 4.79 Å². The van der Waals surface area contributed by atoms with Crippen molar-refractivity contribution in [2.45, 2.75) is 144 Å². The Labute approximate surface area is 326 Å². The van der Waals surface area contributed by atoms with E-state index in [1.807, 2.05) is 39.0 Å². The maximum absolute atomic E-state index is 13.5. The van der Waals surface area contributed by atoms with Gasteiger partial charge in [-0.1, -0.05) is 70.2 Å². The normalized spacial score (nSPS) is 53.8. The average molecular weight is 781 g/mol. The van der Waals surface area contributed by atoms with Crippen LogP contribution in [0, 0.1) is 41.4 Å². The monoisotopic (exact) mass is 780 g/mol. The lowest BCUT2D eigenvalue weighted by Gasteiger charge is -2.74. The molecule has 0 unspecified atom stereocenters. The molecule has 8 fully saturated rings. The fourth-order valence-electron chi connectivity index (χ4n) is 12.7. The molecule has 1 spiro atoms. The minimum Gasteiger partial charge on any atom is -0.458 e. The van der Waals surface area contributed by atoms with Gasteiger partial charge in [0.2, 0.25) is 0 Å². The molecule has 0 radical (unpaired) electrons. The maximum Gasteiger partial charge on any atom is 0.331 e. The third kappa shape index (κ3) is 5.05. The molecule has 10 bridgehead atoms. The van der Waals surface area contributed by atoms with E-state index in [4.69, 9.17) is 28.4 Å². The molecule has 1 aromatic rings. The van der Waals surface area contributed by atoms with E-state index < -0.39 is 101 Å². The van der Waals surface area contributed by atoms with Crippen LogP contribution in [0.25, 0.3) is 0 Å². The molecule has 4 aliphatic carbocycles. The lowest BCUT2D eigenvalue weighted by Crippen LogP contribution is -2.89. The first-order valence-electron chi connectivity index (χ1n) is 20.5. The summed E-state index contributed by atoms with van der Waals surface area (Å²) in [6.45, 7) is 8.76. The van der Waals surface area contributed by atoms with Crippen LogP contribution < -0.4 is 0 Å². The van der Waals surface area contributed by atoms with Crippen LogP contribution in [-0.4, -0.2) is 109 Å². The van der Waals surface area contributed by atoms with Crippen LogP contribution in [0.15, 0.2) is 54.6 Å². The number of fused-ring (bicyclic) bond motifs is 3. The molecule has 5 heterocycles. The summed E-state index contributed by atoms with van der Waals surface area (Å²) >= 11 is 0. The molecule has 306 valence electrons. The molecular weight excluding hydrogens is 724 g/mol. The smallest absolute Gasteiger partial charge is 0.331 e. The van der Waals surface area contributed by atoms with Crippen molar-refractivity contribution in [2.75, 3.05) is 6.61 Å². The Morgan fingerprint density at radius 3 is 2.41 bits per heavy atom. The van der Waals surface area contributed by atoms with Crippen LogP contribution in [0.4, 0.5) is 0 Å². The Balaban J connectivity index is 1.21. The van der Waals surface area contributed by atoms with E-state index in [-0.39, 0.29) is 55.3 Å². The molecule has 18 atom stereocenters. The van der Waals surface area contributed by atoms with E-state index in [0.29, 0.717) is 18.4 Å². The molecule has 10 rings (SSSR count). The first-order valence-corrected chi connectivity index (χ1v) is 20.5. The molecule has 13 nitrogen and oxygen atoms in total. The van der Waals surface area contributed by atoms with Gasteiger partial charge in [0.05, 0.1) is 17.8 Å². The number of aliphatic hydroxyl groups is 5. The molecule has 13 heteroatoms. The van der Waals surface area contributed by atoms with Gasteiger partial charge in [0.1, 0.15) is 53.4 Å². The zero-order chi connectivity index (χ0) is 39.8. The highest BCUT2D eigenvalue weighted by atomic mass is 16.9. The molecule has 4 saturated heterocycles. The average Bonchev–Trinajstić information content (AvgIpc) is 3.66. The van der Waals surface area contributed by atoms with E-state index in [0.717, 1.165) is 0 Å². The molecule has 1 aromatic carbocycles. The van der Waals surface area contributed by atoms with Gasteiger partial charge >= 0.3 is 17.9 Å². The highest BCUT2D eigenvalue weighted by molar-refractivity contribution is 5.82. The van der Waals surface area contributed by atoms with Crippen LogP contribution in [0.5, 0.6) is 0 Å². The third-order valence-electron chi connectivity index (χ3n) is 15.4. The number of carbonyl (C=O) groups excluding carboxylic acids is 2. The molecule has 0 amide bonds. The molecule has 4 saturated carbocycles. The number of hydrogen-bond acceptors (Lipinski definition) is 13. The minimum absolute atomic E-state index is 0.0587. The zero-order valence-corrected chi connectivity index (χ0v) is 32.7. The number of carbonyl (C=O) groups is 2. The van der Waals surface area contributed by atoms with Crippen LogP contribution in [0.3, 0.4) is 0 Å². The van der Waals surface area contributed by atoms with Crippen molar-refractivity contribution in [3.05, 3.63) is 60.2 Å². The highest BCUT2D eigenvalue weighted by Gasteiger charge is 2.90. The van der Waals surface area contributed by atoms with Crippen molar-refractivity contribution in [2.24, 2.45) is 41.4 Å². The van der Waals surface area contributed by atoms with Gasteiger partial charge in [0, 0.05) is 41.7 Å². The highest BCUT2D eigenvalue weighted by Crippen LogP contribution is 2.74. The Morgan fingerprint density at radius 1 is 0.964 bits per heavy atom. The van der Waals surface area contributed by atoms with Gasteiger partial charge < -0.3 is 54.0 Å². The van der Waals surface area contributed by atoms with Gasteiger partial charge in [-0.2, -0.15) is 0 Å². The topological polar surface area (TPSA) is 194 Å². The van der Waals surface area contributed by atoms with Crippen LogP contribution >= 0.6 is 0 Å². The number of allylic oxidation sites excluding steroid dienone is 2. The number of esters is 2. The number of epoxide rings is 1. The summed E-state index contributed by atoms with van der Waals surface area (Å²) in [6, 6.07) is 9.03. The SMILES string of the molecule is CC(C)CC(=O)O[C@H]1/C=C\C=C/C(=O)O[C@H]2CC[C@@H]3[C@]2(O)[C@H](O)[C@@]2(CO)O[C@H]2[C@H]2[C@H]4O[C@]5(c6ccccc6)O[C@@H]([C@@H](C)[C@@]23O5)[C@@]4(O)[C@](C)(O)C[C@H]2CC[C@H]1[C@H]2C. The van der Waals surface area contributed by atoms with Crippen LogP contribution in [0.1, 0.15) is 78.7 Å². The first kappa shape index (κ1) is 38.8. The standard InChI is InChI=1S/C43H56O13/c1-22(2)19-32(46)51-28-13-9-10-14-31(45)52-30-18-17-29-40(30,49)37(47)39(21-44)35(53-39)33-36-42(50,38(5,48)20-25-15-16-27(28)23(25)3)34-24(4)41(29,33)56-43(54-34,55-36)26-11-7-6-8-12-26/h6-14,22-25,27-30,33-37,44,47-50H,15-21H2,1-5H3/b13-9-,14-10-/t23-,24+,25+,27-,28-,29+,30-,33-,34-,35-,36+,37+,38+,39-,40+,41-,42-,43-/m0/s1. The number of rotatable bonds is 5. The van der Waals surface area contributed by atoms with Gasteiger partial charge in [-0.15, -0.1) is 0 Å². The fraction of sp³-hybridized carbons (Fsp3) is 0.721. The summed E-state index contributed by atoms with van der Waals surface area (Å²) in [5.74, 6) is -5.74. The molecule has 5 aliphatic heterocycles. The first-order chi connectivity index (χ1) is 26.5. The van der Waals surface area contributed by atoms with E-state index >= 15 is 0 Å². The number of aliphatic hydroxyl groups excluding tert-OH is 2. The van der Waals surface area contributed by atoms with Crippen molar-refractivity contribution < 1.29 is 63.5 Å². The fourth-order valence-corrected chi connectivity index (χ4v) is 12.7. The lowest BCUT2D eigenvalue weighted by atomic mass is 9.49. The second kappa shape index (κ2) is 12.9. The van der Waals surface area contributed by atoms with E-state index in [1.54, 1.807) is 31.2 Å². The number of hydrogen-bond donors (Lipinski definition) is 5. The second-order valence-corrected chi connectivity index (χ2v) is 18.7. The van der Waals surface area contributed by atoms with Gasteiger partial charge in [0.15, 0.2) is 0 Å². The molecule has 0 aromatic heterocycles. The summed E-state index contributed by atoms with van der Waals surface area (Å²) in [4.78, 5) is 26.6. The number of benzene rings is 1. The van der Waals surface area contributed by atoms with E-state index in [9.17, 15) is 35.1 Å². The van der Waals surface area contributed by atoms with Crippen molar-refractivity contribution in [1.29, 1.82) is 0 Å². The van der Waals surface area contributed by atoms with E-state index in [1.165, 1.54) is 12.2 Å². The van der Waals surface area contributed by atoms with Crippen molar-refractivity contribution >= 4 is 11.9 Å². The van der Waals surface area contributed by atoms with Crippen LogP contribution in [0.2, 0.25) is 0 Å². The third-order valence-corrected chi connectivity index (χ3v) is 15.4. The lowest BCUT2D eigenvalue weighted by molar-refractivity contribution is -0.595. The Bertz CT molecular complexity index is 1800. The molecule has 5 N–H and O–H groups in total. The quantitative estimate of drug-likeness (QED) is 0.217. The predicted molar refractivity (Wildman–Crippen MR) is 196 cm³/mol. The van der Waals surface area contributed by atoms with Gasteiger partial charge in [0.25, 0.3) is 0 Å². The van der Waals surface area contributed by atoms with Gasteiger partial charge in [-0.05, 0) is 62.9 Å². The van der Waals surface area contributed by atoms with Crippen LogP contribution in [-0.2, 0) is 44.0 Å². The summed E-state index contributed by atoms with van der Waals surface area (Å²) in [5.41, 5.74) is -8.74. The largest absolute Gasteiger partial charge is 0.458 e. The number of ether oxygens (including phenoxy) is 6. The maximum atomic E-state index is 13.5. The summed E-state index contributed by atoms with van der Waals surface area (Å²) in [6.07, 6.45) is 1.39. The zero-order valence-electron chi connectivity index (χ0n) is 32.7. The molecule has 9 aliphatic rings. The molecule has 56 heavy (non-hydrogen) atoms. The van der Waals surface area contributed by atoms with Gasteiger partial charge in [-0.3, -0.25) is 4.79 Å². The summed E-state index contributed by atoms with van der Waals surface area (Å²) < 4.78 is 39.3. The Hall–Kier alpha value is -2.72. The molecular formula is C43H56O13. The van der Waals surface area contributed by atoms with Crippen molar-refractivity contribution in [3.8, 4) is 0 Å². The minimum atomic E-state index is -2.18. The predicted octanol–water partition coefficient (Wildman–Crippen LogP) is 2.79.